The number of nitrogens with zero attached hydrogens (tertiary/aromatic N) is 2. The van der Waals surface area contributed by atoms with Crippen LogP contribution in [0, 0.1) is 5.82 Å². The molecule has 1 N–H and O–H groups in total. The lowest BCUT2D eigenvalue weighted by atomic mass is 10.2. The van der Waals surface area contributed by atoms with Crippen LogP contribution in [0.3, 0.4) is 0 Å². The van der Waals surface area contributed by atoms with Crippen molar-refractivity contribution in [2.45, 2.75) is 6.61 Å². The number of halogens is 2. The molecule has 4 aromatic rings. The van der Waals surface area contributed by atoms with Crippen molar-refractivity contribution in [1.82, 2.24) is 9.38 Å². The van der Waals surface area contributed by atoms with E-state index < -0.39 is 11.7 Å². The molecule has 0 radical (unpaired) electrons. The Hall–Kier alpha value is -3.23. The van der Waals surface area contributed by atoms with Gasteiger partial charge in [-0.1, -0.05) is 23.7 Å². The second kappa shape index (κ2) is 8.02. The van der Waals surface area contributed by atoms with Crippen LogP contribution < -0.4 is 15.6 Å². The van der Waals surface area contributed by atoms with E-state index in [2.05, 4.69) is 10.3 Å². The van der Waals surface area contributed by atoms with Gasteiger partial charge in [0.2, 0.25) is 0 Å². The van der Waals surface area contributed by atoms with E-state index in [9.17, 15) is 14.0 Å². The summed E-state index contributed by atoms with van der Waals surface area (Å²) in [7, 11) is 0. The highest BCUT2D eigenvalue weighted by Gasteiger charge is 2.15. The zero-order chi connectivity index (χ0) is 20.4. The summed E-state index contributed by atoms with van der Waals surface area (Å²) in [5.74, 6) is -0.956. The summed E-state index contributed by atoms with van der Waals surface area (Å²) in [4.78, 5) is 29.4. The lowest BCUT2D eigenvalue weighted by Crippen LogP contribution is -2.16. The minimum Gasteiger partial charge on any atom is -0.485 e. The molecule has 0 unspecified atom stereocenters. The number of thiazole rings is 1. The molecule has 4 rings (SSSR count). The number of aromatic nitrogens is 2. The highest BCUT2D eigenvalue weighted by atomic mass is 35.5. The van der Waals surface area contributed by atoms with Gasteiger partial charge in [0.1, 0.15) is 18.2 Å². The van der Waals surface area contributed by atoms with Crippen LogP contribution in [0.15, 0.2) is 64.9 Å². The van der Waals surface area contributed by atoms with E-state index >= 15 is 0 Å². The van der Waals surface area contributed by atoms with E-state index in [1.165, 1.54) is 46.1 Å². The molecular weight excluding hydrogens is 417 g/mol. The van der Waals surface area contributed by atoms with Crippen molar-refractivity contribution >= 4 is 39.5 Å². The zero-order valence-electron chi connectivity index (χ0n) is 14.8. The molecule has 0 fully saturated rings. The number of rotatable bonds is 5. The number of hydrogen-bond acceptors (Lipinski definition) is 5. The number of fused-ring (bicyclic) bond motifs is 1. The van der Waals surface area contributed by atoms with Gasteiger partial charge in [-0.25, -0.2) is 9.37 Å². The van der Waals surface area contributed by atoms with E-state index in [4.69, 9.17) is 16.3 Å². The predicted molar refractivity (Wildman–Crippen MR) is 109 cm³/mol. The Morgan fingerprint density at radius 2 is 2.07 bits per heavy atom. The lowest BCUT2D eigenvalue weighted by molar-refractivity contribution is 0.102. The van der Waals surface area contributed by atoms with Crippen LogP contribution in [0.25, 0.3) is 4.96 Å². The van der Waals surface area contributed by atoms with Gasteiger partial charge < -0.3 is 10.1 Å². The second-order valence-electron chi connectivity index (χ2n) is 6.00. The van der Waals surface area contributed by atoms with Crippen LogP contribution in [0.2, 0.25) is 5.02 Å². The molecule has 0 atom stereocenters. The molecular formula is C20H13ClFN3O3S. The van der Waals surface area contributed by atoms with E-state index in [1.807, 2.05) is 0 Å². The van der Waals surface area contributed by atoms with Crippen molar-refractivity contribution in [2.75, 3.05) is 5.32 Å². The average molecular weight is 430 g/mol. The average Bonchev–Trinajstić information content (AvgIpc) is 3.17. The molecule has 146 valence electrons. The third-order valence-electron chi connectivity index (χ3n) is 4.04. The Balaban J connectivity index is 1.57. The molecule has 1 amide bonds. The van der Waals surface area contributed by atoms with Gasteiger partial charge in [-0.15, -0.1) is 11.3 Å². The van der Waals surface area contributed by atoms with Crippen LogP contribution in [-0.2, 0) is 6.61 Å². The van der Waals surface area contributed by atoms with Crippen molar-refractivity contribution in [3.05, 3.63) is 92.6 Å². The van der Waals surface area contributed by atoms with Crippen LogP contribution in [-0.4, -0.2) is 15.3 Å². The van der Waals surface area contributed by atoms with Crippen LogP contribution in [0.4, 0.5) is 10.1 Å². The number of ether oxygens (including phenoxy) is 1. The van der Waals surface area contributed by atoms with Gasteiger partial charge in [-0.3, -0.25) is 14.0 Å². The molecule has 2 aromatic heterocycles. The van der Waals surface area contributed by atoms with Crippen LogP contribution in [0.5, 0.6) is 5.75 Å². The number of anilines is 1. The van der Waals surface area contributed by atoms with Crippen molar-refractivity contribution in [3.8, 4) is 5.75 Å². The van der Waals surface area contributed by atoms with Crippen molar-refractivity contribution in [3.63, 3.8) is 0 Å². The number of amides is 1. The second-order valence-corrected chi connectivity index (χ2v) is 7.31. The highest BCUT2D eigenvalue weighted by molar-refractivity contribution is 7.15. The minimum atomic E-state index is -0.636. The number of carbonyl (C=O) groups excluding carboxylic acids is 1. The first-order chi connectivity index (χ1) is 14.0. The molecule has 0 aliphatic rings. The van der Waals surface area contributed by atoms with E-state index in [-0.39, 0.29) is 23.4 Å². The first kappa shape index (κ1) is 19.1. The SMILES string of the molecule is O=C(Nc1cc(Cl)ccc1OCc1cc(=O)n2ccsc2n1)c1ccccc1F. The molecule has 6 nitrogen and oxygen atoms in total. The topological polar surface area (TPSA) is 72.7 Å². The Labute approximate surface area is 173 Å². The number of benzene rings is 2. The van der Waals surface area contributed by atoms with Gasteiger partial charge in [0.25, 0.3) is 11.5 Å². The summed E-state index contributed by atoms with van der Waals surface area (Å²) >= 11 is 7.37. The smallest absolute Gasteiger partial charge is 0.258 e. The molecule has 0 aliphatic carbocycles. The number of carbonyl (C=O) groups is 1. The molecule has 29 heavy (non-hydrogen) atoms. The summed E-state index contributed by atoms with van der Waals surface area (Å²) in [5.41, 5.74) is 0.411. The van der Waals surface area contributed by atoms with Gasteiger partial charge in [0, 0.05) is 22.7 Å². The van der Waals surface area contributed by atoms with Crippen molar-refractivity contribution in [1.29, 1.82) is 0 Å². The fraction of sp³-hybridized carbons (Fsp3) is 0.0500. The fourth-order valence-corrected chi connectivity index (χ4v) is 3.58. The first-order valence-corrected chi connectivity index (χ1v) is 9.71. The van der Waals surface area contributed by atoms with Crippen molar-refractivity contribution in [2.24, 2.45) is 0 Å². The highest BCUT2D eigenvalue weighted by Crippen LogP contribution is 2.29. The van der Waals surface area contributed by atoms with E-state index in [0.717, 1.165) is 0 Å². The summed E-state index contributed by atoms with van der Waals surface area (Å²) < 4.78 is 21.1. The molecule has 0 aliphatic heterocycles. The molecule has 9 heteroatoms. The maximum absolute atomic E-state index is 13.9. The molecule has 2 aromatic carbocycles. The third kappa shape index (κ3) is 4.13. The number of hydrogen-bond donors (Lipinski definition) is 1. The quantitative estimate of drug-likeness (QED) is 0.511. The van der Waals surface area contributed by atoms with Crippen molar-refractivity contribution < 1.29 is 13.9 Å². The third-order valence-corrected chi connectivity index (χ3v) is 5.03. The summed E-state index contributed by atoms with van der Waals surface area (Å²) in [6.07, 6.45) is 1.65. The molecule has 0 saturated carbocycles. The maximum atomic E-state index is 13.9. The Bertz CT molecular complexity index is 1270. The molecule has 0 saturated heterocycles. The Morgan fingerprint density at radius 1 is 1.24 bits per heavy atom. The summed E-state index contributed by atoms with van der Waals surface area (Å²) in [6, 6.07) is 11.7. The van der Waals surface area contributed by atoms with E-state index in [1.54, 1.807) is 29.8 Å². The maximum Gasteiger partial charge on any atom is 0.258 e. The zero-order valence-corrected chi connectivity index (χ0v) is 16.3. The van der Waals surface area contributed by atoms with Gasteiger partial charge in [0.05, 0.1) is 16.9 Å². The number of nitrogens with one attached hydrogen (secondary N) is 1. The van der Waals surface area contributed by atoms with E-state index in [0.29, 0.717) is 21.4 Å². The van der Waals surface area contributed by atoms with Crippen LogP contribution in [0.1, 0.15) is 16.1 Å². The summed E-state index contributed by atoms with van der Waals surface area (Å²) in [5, 5.41) is 4.75. The fourth-order valence-electron chi connectivity index (χ4n) is 2.67. The van der Waals surface area contributed by atoms with Gasteiger partial charge in [-0.2, -0.15) is 0 Å². The largest absolute Gasteiger partial charge is 0.485 e. The van der Waals surface area contributed by atoms with Gasteiger partial charge >= 0.3 is 0 Å². The Morgan fingerprint density at radius 3 is 2.90 bits per heavy atom. The minimum absolute atomic E-state index is 0.00778. The molecule has 2 heterocycles. The molecule has 0 spiro atoms. The van der Waals surface area contributed by atoms with Gasteiger partial charge in [-0.05, 0) is 30.3 Å². The van der Waals surface area contributed by atoms with Gasteiger partial charge in [0.15, 0.2) is 4.96 Å². The first-order valence-electron chi connectivity index (χ1n) is 8.45. The monoisotopic (exact) mass is 429 g/mol. The predicted octanol–water partition coefficient (Wildman–Crippen LogP) is 4.38. The molecule has 0 bridgehead atoms. The Kier molecular flexibility index (Phi) is 5.28. The van der Waals surface area contributed by atoms with Crippen LogP contribution >= 0.6 is 22.9 Å². The summed E-state index contributed by atoms with van der Waals surface area (Å²) in [6.45, 7) is 0.00778. The standard InChI is InChI=1S/C20H13ClFN3O3S/c21-12-5-6-17(16(9-12)24-19(27)14-3-1-2-4-15(14)22)28-11-13-10-18(26)25-7-8-29-20(25)23-13/h1-10H,11H2,(H,24,27). The lowest BCUT2D eigenvalue weighted by Gasteiger charge is -2.13. The normalized spacial score (nSPS) is 10.8.